The van der Waals surface area contributed by atoms with Gasteiger partial charge >= 0.3 is 0 Å². The van der Waals surface area contributed by atoms with Crippen LogP contribution in [0.4, 0.5) is 0 Å². The zero-order chi connectivity index (χ0) is 7.23. The molecule has 0 heterocycles. The Labute approximate surface area is 60.8 Å². The van der Waals surface area contributed by atoms with E-state index in [1.54, 1.807) is 0 Å². The van der Waals surface area contributed by atoms with Crippen molar-refractivity contribution in [2.75, 3.05) is 6.54 Å². The number of hydrogen-bond acceptors (Lipinski definition) is 1. The molecular formula is C8H10NO. The Morgan fingerprint density at radius 2 is 2.00 bits per heavy atom. The number of hydrogen-bond donors (Lipinski definition) is 0. The van der Waals surface area contributed by atoms with E-state index in [0.717, 1.165) is 5.75 Å². The summed E-state index contributed by atoms with van der Waals surface area (Å²) in [6, 6.07) is 9.53. The lowest BCUT2D eigenvalue weighted by atomic mass is 10.3. The molecule has 0 aliphatic rings. The van der Waals surface area contributed by atoms with Crippen LogP contribution in [0, 0.1) is 0 Å². The van der Waals surface area contributed by atoms with Crippen LogP contribution in [0.1, 0.15) is 6.92 Å². The molecule has 1 radical (unpaired) electrons. The van der Waals surface area contributed by atoms with E-state index in [-0.39, 0.29) is 0 Å². The van der Waals surface area contributed by atoms with Gasteiger partial charge in [-0.1, -0.05) is 18.2 Å². The van der Waals surface area contributed by atoms with Crippen LogP contribution in [0.25, 0.3) is 0 Å². The molecule has 1 aromatic rings. The zero-order valence-corrected chi connectivity index (χ0v) is 5.95. The highest BCUT2D eigenvalue weighted by Crippen LogP contribution is 2.06. The molecule has 2 nitrogen and oxygen atoms in total. The zero-order valence-electron chi connectivity index (χ0n) is 5.95. The van der Waals surface area contributed by atoms with Gasteiger partial charge in [0.05, 0.1) is 6.54 Å². The highest BCUT2D eigenvalue weighted by atomic mass is 16.6. The summed E-state index contributed by atoms with van der Waals surface area (Å²) < 4.78 is 0. The van der Waals surface area contributed by atoms with Crippen molar-refractivity contribution in [1.29, 1.82) is 0 Å². The molecular weight excluding hydrogens is 126 g/mol. The van der Waals surface area contributed by atoms with Crippen molar-refractivity contribution in [3.8, 4) is 5.75 Å². The van der Waals surface area contributed by atoms with Crippen LogP contribution in [-0.2, 0) is 0 Å². The van der Waals surface area contributed by atoms with E-state index in [4.69, 9.17) is 4.84 Å². The normalized spacial score (nSPS) is 9.30. The summed E-state index contributed by atoms with van der Waals surface area (Å²) in [5.41, 5.74) is 3.74. The first-order valence-electron chi connectivity index (χ1n) is 3.32. The Balaban J connectivity index is 2.43. The second-order valence-electron chi connectivity index (χ2n) is 1.85. The lowest BCUT2D eigenvalue weighted by Gasteiger charge is -1.99. The predicted octanol–water partition coefficient (Wildman–Crippen LogP) is 1.60. The van der Waals surface area contributed by atoms with Gasteiger partial charge in [-0.05, 0) is 24.5 Å². The lowest BCUT2D eigenvalue weighted by Crippen LogP contribution is -2.07. The molecule has 0 atom stereocenters. The Kier molecular flexibility index (Phi) is 2.77. The number of benzene rings is 1. The molecule has 0 aliphatic heterocycles. The van der Waals surface area contributed by atoms with Crippen LogP contribution < -0.4 is 10.3 Å². The third-order valence-electron chi connectivity index (χ3n) is 1.04. The third-order valence-corrected chi connectivity index (χ3v) is 1.04. The molecule has 0 aromatic heterocycles. The largest absolute Gasteiger partial charge is 0.388 e. The number of hydroxylamine groups is 1. The number of nitrogens with zero attached hydrogens (tertiary/aromatic N) is 1. The molecule has 0 unspecified atom stereocenters. The molecule has 0 spiro atoms. The molecule has 1 aromatic carbocycles. The van der Waals surface area contributed by atoms with E-state index in [1.807, 2.05) is 37.3 Å². The van der Waals surface area contributed by atoms with Crippen LogP contribution in [0.15, 0.2) is 30.3 Å². The van der Waals surface area contributed by atoms with Gasteiger partial charge in [-0.2, -0.15) is 0 Å². The van der Waals surface area contributed by atoms with Crippen molar-refractivity contribution >= 4 is 0 Å². The average molecular weight is 136 g/mol. The molecule has 0 aliphatic carbocycles. The Morgan fingerprint density at radius 1 is 1.30 bits per heavy atom. The van der Waals surface area contributed by atoms with Crippen molar-refractivity contribution in [2.45, 2.75) is 6.92 Å². The molecule has 0 saturated heterocycles. The summed E-state index contributed by atoms with van der Waals surface area (Å²) in [6.07, 6.45) is 0. The molecule has 0 fully saturated rings. The summed E-state index contributed by atoms with van der Waals surface area (Å²) in [6.45, 7) is 2.62. The second-order valence-corrected chi connectivity index (χ2v) is 1.85. The van der Waals surface area contributed by atoms with Gasteiger partial charge in [0.1, 0.15) is 5.75 Å². The number of rotatable bonds is 3. The van der Waals surface area contributed by atoms with E-state index in [9.17, 15) is 0 Å². The SMILES string of the molecule is CC[N]Oc1ccccc1. The fourth-order valence-corrected chi connectivity index (χ4v) is 0.620. The van der Waals surface area contributed by atoms with Gasteiger partial charge < -0.3 is 4.84 Å². The van der Waals surface area contributed by atoms with E-state index >= 15 is 0 Å². The third kappa shape index (κ3) is 2.07. The standard InChI is InChI=1S/C8H10NO/c1-2-9-10-8-6-4-3-5-7-8/h3-7H,2H2,1H3. The summed E-state index contributed by atoms with van der Waals surface area (Å²) in [7, 11) is 0. The minimum atomic E-state index is 0.689. The number of para-hydroxylation sites is 1. The first-order chi connectivity index (χ1) is 4.93. The van der Waals surface area contributed by atoms with Gasteiger partial charge in [-0.15, -0.1) is 0 Å². The van der Waals surface area contributed by atoms with Crippen molar-refractivity contribution in [3.63, 3.8) is 0 Å². The average Bonchev–Trinajstić information content (AvgIpc) is 2.03. The van der Waals surface area contributed by atoms with Gasteiger partial charge in [0.15, 0.2) is 0 Å². The fourth-order valence-electron chi connectivity index (χ4n) is 0.620. The minimum Gasteiger partial charge on any atom is -0.388 e. The Morgan fingerprint density at radius 3 is 2.60 bits per heavy atom. The topological polar surface area (TPSA) is 23.3 Å². The summed E-state index contributed by atoms with van der Waals surface area (Å²) in [5, 5.41) is 0. The summed E-state index contributed by atoms with van der Waals surface area (Å²) in [5.74, 6) is 0.796. The van der Waals surface area contributed by atoms with Crippen molar-refractivity contribution in [1.82, 2.24) is 5.48 Å². The Bertz CT molecular complexity index is 174. The van der Waals surface area contributed by atoms with E-state index in [2.05, 4.69) is 5.48 Å². The van der Waals surface area contributed by atoms with E-state index in [0.29, 0.717) is 6.54 Å². The molecule has 1 rings (SSSR count). The molecule has 0 amide bonds. The van der Waals surface area contributed by atoms with Gasteiger partial charge in [0, 0.05) is 0 Å². The second kappa shape index (κ2) is 3.90. The highest BCUT2D eigenvalue weighted by molar-refractivity contribution is 5.20. The monoisotopic (exact) mass is 136 g/mol. The van der Waals surface area contributed by atoms with Crippen molar-refractivity contribution in [2.24, 2.45) is 0 Å². The molecule has 2 heteroatoms. The molecule has 0 bridgehead atoms. The fraction of sp³-hybridized carbons (Fsp3) is 0.250. The van der Waals surface area contributed by atoms with Gasteiger partial charge in [0.25, 0.3) is 0 Å². The summed E-state index contributed by atoms with van der Waals surface area (Å²) >= 11 is 0. The van der Waals surface area contributed by atoms with Crippen LogP contribution in [0.5, 0.6) is 5.75 Å². The van der Waals surface area contributed by atoms with Crippen molar-refractivity contribution < 1.29 is 4.84 Å². The maximum Gasteiger partial charge on any atom is 0.149 e. The highest BCUT2D eigenvalue weighted by Gasteiger charge is 1.87. The molecule has 0 saturated carbocycles. The van der Waals surface area contributed by atoms with Crippen LogP contribution >= 0.6 is 0 Å². The first kappa shape index (κ1) is 7.09. The minimum absolute atomic E-state index is 0.689. The quantitative estimate of drug-likeness (QED) is 0.579. The predicted molar refractivity (Wildman–Crippen MR) is 39.7 cm³/mol. The van der Waals surface area contributed by atoms with Gasteiger partial charge in [-0.25, -0.2) is 0 Å². The molecule has 0 N–H and O–H groups in total. The van der Waals surface area contributed by atoms with Crippen LogP contribution in [0.2, 0.25) is 0 Å². The first-order valence-corrected chi connectivity index (χ1v) is 3.32. The smallest absolute Gasteiger partial charge is 0.149 e. The van der Waals surface area contributed by atoms with Crippen molar-refractivity contribution in [3.05, 3.63) is 30.3 Å². The van der Waals surface area contributed by atoms with Crippen LogP contribution in [-0.4, -0.2) is 6.54 Å². The lowest BCUT2D eigenvalue weighted by molar-refractivity contribution is 0.192. The van der Waals surface area contributed by atoms with E-state index < -0.39 is 0 Å². The molecule has 53 valence electrons. The van der Waals surface area contributed by atoms with Crippen LogP contribution in [0.3, 0.4) is 0 Å². The maximum absolute atomic E-state index is 4.98. The summed E-state index contributed by atoms with van der Waals surface area (Å²) in [4.78, 5) is 4.98. The molecule has 10 heavy (non-hydrogen) atoms. The van der Waals surface area contributed by atoms with E-state index in [1.165, 1.54) is 0 Å². The maximum atomic E-state index is 4.98. The van der Waals surface area contributed by atoms with Gasteiger partial charge in [-0.3, -0.25) is 0 Å². The van der Waals surface area contributed by atoms with Gasteiger partial charge in [0.2, 0.25) is 0 Å². The Hall–Kier alpha value is -1.02.